The standard InChI is InChI=1S/C6H7NO.H2O4S/c1-8-6-4-2-3-5-7-6;1-5(2,3)4/h2-5H,1H3;(H2,1,2,3,4). The van der Waals surface area contributed by atoms with Crippen LogP contribution in [0.4, 0.5) is 0 Å². The first kappa shape index (κ1) is 11.8. The fourth-order valence-electron chi connectivity index (χ4n) is 0.468. The molecule has 6 nitrogen and oxygen atoms in total. The smallest absolute Gasteiger partial charge is 0.394 e. The Morgan fingerprint density at radius 3 is 2.15 bits per heavy atom. The molecule has 0 aliphatic heterocycles. The maximum absolute atomic E-state index is 8.74. The van der Waals surface area contributed by atoms with Gasteiger partial charge >= 0.3 is 10.4 Å². The Hall–Kier alpha value is -1.18. The van der Waals surface area contributed by atoms with Gasteiger partial charge in [0.2, 0.25) is 5.88 Å². The van der Waals surface area contributed by atoms with Gasteiger partial charge < -0.3 is 4.74 Å². The zero-order valence-corrected chi connectivity index (χ0v) is 7.60. The lowest BCUT2D eigenvalue weighted by atomic mass is 10.5. The first-order chi connectivity index (χ1) is 5.93. The third-order valence-electron chi connectivity index (χ3n) is 0.847. The van der Waals surface area contributed by atoms with Gasteiger partial charge in [-0.1, -0.05) is 6.07 Å². The van der Waals surface area contributed by atoms with Gasteiger partial charge in [-0.15, -0.1) is 0 Å². The fourth-order valence-corrected chi connectivity index (χ4v) is 0.468. The molecule has 13 heavy (non-hydrogen) atoms. The Kier molecular flexibility index (Phi) is 4.97. The molecular formula is C6H9NO5S. The second-order valence-electron chi connectivity index (χ2n) is 1.82. The summed E-state index contributed by atoms with van der Waals surface area (Å²) in [5.41, 5.74) is 0. The molecular weight excluding hydrogens is 198 g/mol. The number of aromatic nitrogens is 1. The first-order valence-electron chi connectivity index (χ1n) is 3.08. The molecule has 74 valence electrons. The SMILES string of the molecule is COc1ccccn1.O=S(=O)(O)O. The molecule has 0 spiro atoms. The van der Waals surface area contributed by atoms with Crippen LogP contribution in [-0.4, -0.2) is 29.6 Å². The van der Waals surface area contributed by atoms with Crippen LogP contribution in [0.5, 0.6) is 5.88 Å². The lowest BCUT2D eigenvalue weighted by Gasteiger charge is -1.92. The molecule has 0 saturated carbocycles. The van der Waals surface area contributed by atoms with Crippen LogP contribution < -0.4 is 4.74 Å². The fraction of sp³-hybridized carbons (Fsp3) is 0.167. The molecule has 1 aromatic heterocycles. The van der Waals surface area contributed by atoms with E-state index in [1.54, 1.807) is 19.4 Å². The van der Waals surface area contributed by atoms with Crippen LogP contribution in [0.2, 0.25) is 0 Å². The van der Waals surface area contributed by atoms with Gasteiger partial charge in [0, 0.05) is 12.3 Å². The molecule has 7 heteroatoms. The first-order valence-corrected chi connectivity index (χ1v) is 4.48. The zero-order chi connectivity index (χ0) is 10.3. The summed E-state index contributed by atoms with van der Waals surface area (Å²) in [7, 11) is -3.07. The molecule has 0 saturated heterocycles. The van der Waals surface area contributed by atoms with Crippen molar-refractivity contribution >= 4 is 10.4 Å². The van der Waals surface area contributed by atoms with E-state index in [9.17, 15) is 0 Å². The minimum atomic E-state index is -4.67. The molecule has 0 fully saturated rings. The van der Waals surface area contributed by atoms with Crippen molar-refractivity contribution in [1.29, 1.82) is 0 Å². The van der Waals surface area contributed by atoms with Gasteiger partial charge in [-0.05, 0) is 6.07 Å². The highest BCUT2D eigenvalue weighted by molar-refractivity contribution is 7.79. The summed E-state index contributed by atoms with van der Waals surface area (Å²) in [5, 5.41) is 0. The molecule has 1 rings (SSSR count). The number of methoxy groups -OCH3 is 1. The Morgan fingerprint density at radius 1 is 1.38 bits per heavy atom. The summed E-state index contributed by atoms with van der Waals surface area (Å²) >= 11 is 0. The van der Waals surface area contributed by atoms with Crippen molar-refractivity contribution in [1.82, 2.24) is 4.98 Å². The van der Waals surface area contributed by atoms with E-state index < -0.39 is 10.4 Å². The molecule has 1 aromatic rings. The molecule has 2 N–H and O–H groups in total. The Balaban J connectivity index is 0.000000252. The zero-order valence-electron chi connectivity index (χ0n) is 6.78. The minimum Gasteiger partial charge on any atom is -0.481 e. The molecule has 1 heterocycles. The minimum absolute atomic E-state index is 0.660. The van der Waals surface area contributed by atoms with Crippen LogP contribution >= 0.6 is 0 Å². The van der Waals surface area contributed by atoms with E-state index >= 15 is 0 Å². The van der Waals surface area contributed by atoms with E-state index in [0.29, 0.717) is 5.88 Å². The maximum atomic E-state index is 8.74. The lowest BCUT2D eigenvalue weighted by Crippen LogP contribution is -1.89. The van der Waals surface area contributed by atoms with Crippen molar-refractivity contribution in [2.45, 2.75) is 0 Å². The van der Waals surface area contributed by atoms with Crippen LogP contribution in [0.15, 0.2) is 24.4 Å². The predicted molar refractivity (Wildman–Crippen MR) is 45.0 cm³/mol. The van der Waals surface area contributed by atoms with Crippen molar-refractivity contribution in [2.75, 3.05) is 7.11 Å². The third kappa shape index (κ3) is 10.8. The van der Waals surface area contributed by atoms with Gasteiger partial charge in [-0.25, -0.2) is 4.98 Å². The molecule has 0 radical (unpaired) electrons. The summed E-state index contributed by atoms with van der Waals surface area (Å²) in [6, 6.07) is 5.54. The Morgan fingerprint density at radius 2 is 1.92 bits per heavy atom. The molecule has 0 amide bonds. The number of pyridine rings is 1. The largest absolute Gasteiger partial charge is 0.481 e. The number of nitrogens with zero attached hydrogens (tertiary/aromatic N) is 1. The van der Waals surface area contributed by atoms with Crippen molar-refractivity contribution in [2.24, 2.45) is 0 Å². The van der Waals surface area contributed by atoms with Gasteiger partial charge in [0.1, 0.15) is 0 Å². The van der Waals surface area contributed by atoms with E-state index in [4.69, 9.17) is 22.3 Å². The van der Waals surface area contributed by atoms with Crippen molar-refractivity contribution in [3.05, 3.63) is 24.4 Å². The van der Waals surface area contributed by atoms with Crippen LogP contribution in [0.25, 0.3) is 0 Å². The summed E-state index contributed by atoms with van der Waals surface area (Å²) in [6.45, 7) is 0. The Bertz CT molecular complexity index is 314. The van der Waals surface area contributed by atoms with Crippen molar-refractivity contribution in [3.8, 4) is 5.88 Å². The quantitative estimate of drug-likeness (QED) is 0.648. The van der Waals surface area contributed by atoms with E-state index in [1.807, 2.05) is 12.1 Å². The van der Waals surface area contributed by atoms with Gasteiger partial charge in [-0.3, -0.25) is 9.11 Å². The van der Waals surface area contributed by atoms with Gasteiger partial charge in [0.25, 0.3) is 0 Å². The number of hydrogen-bond donors (Lipinski definition) is 2. The Labute approximate surface area is 75.8 Å². The number of hydrogen-bond acceptors (Lipinski definition) is 4. The maximum Gasteiger partial charge on any atom is 0.394 e. The molecule has 0 aliphatic carbocycles. The van der Waals surface area contributed by atoms with Crippen LogP contribution in [0.1, 0.15) is 0 Å². The monoisotopic (exact) mass is 207 g/mol. The average molecular weight is 207 g/mol. The van der Waals surface area contributed by atoms with E-state index in [2.05, 4.69) is 4.98 Å². The van der Waals surface area contributed by atoms with Gasteiger partial charge in [-0.2, -0.15) is 8.42 Å². The van der Waals surface area contributed by atoms with Crippen molar-refractivity contribution in [3.63, 3.8) is 0 Å². The van der Waals surface area contributed by atoms with E-state index in [-0.39, 0.29) is 0 Å². The second kappa shape index (κ2) is 5.46. The predicted octanol–water partition coefficient (Wildman–Crippen LogP) is 0.437. The molecule has 0 aliphatic rings. The third-order valence-corrected chi connectivity index (χ3v) is 0.847. The number of ether oxygens (including phenoxy) is 1. The van der Waals surface area contributed by atoms with Crippen LogP contribution in [0.3, 0.4) is 0 Å². The highest BCUT2D eigenvalue weighted by Crippen LogP contribution is 1.99. The molecule has 0 bridgehead atoms. The van der Waals surface area contributed by atoms with Crippen LogP contribution in [0, 0.1) is 0 Å². The summed E-state index contributed by atoms with van der Waals surface area (Å²) in [6.07, 6.45) is 1.69. The van der Waals surface area contributed by atoms with Crippen molar-refractivity contribution < 1.29 is 22.3 Å². The average Bonchev–Trinajstić information content (AvgIpc) is 2.03. The molecule has 0 atom stereocenters. The molecule has 0 aromatic carbocycles. The second-order valence-corrected chi connectivity index (χ2v) is 2.72. The van der Waals surface area contributed by atoms with Gasteiger partial charge in [0.05, 0.1) is 7.11 Å². The van der Waals surface area contributed by atoms with Gasteiger partial charge in [0.15, 0.2) is 0 Å². The lowest BCUT2D eigenvalue weighted by molar-refractivity contribution is 0.381. The van der Waals surface area contributed by atoms with Crippen LogP contribution in [-0.2, 0) is 10.4 Å². The normalized spacial score (nSPS) is 9.77. The number of rotatable bonds is 1. The summed E-state index contributed by atoms with van der Waals surface area (Å²) < 4.78 is 36.4. The highest BCUT2D eigenvalue weighted by atomic mass is 32.3. The summed E-state index contributed by atoms with van der Waals surface area (Å²) in [4.78, 5) is 3.88. The topological polar surface area (TPSA) is 96.7 Å². The van der Waals surface area contributed by atoms with E-state index in [1.165, 1.54) is 0 Å². The van der Waals surface area contributed by atoms with E-state index in [0.717, 1.165) is 0 Å². The molecule has 0 unspecified atom stereocenters. The summed E-state index contributed by atoms with van der Waals surface area (Å²) in [5.74, 6) is 0.660. The highest BCUT2D eigenvalue weighted by Gasteiger charge is 1.84.